The van der Waals surface area contributed by atoms with E-state index in [4.69, 9.17) is 29.1 Å². The van der Waals surface area contributed by atoms with Crippen LogP contribution in [0.15, 0.2) is 42.5 Å². The van der Waals surface area contributed by atoms with Crippen LogP contribution in [0.1, 0.15) is 100 Å². The van der Waals surface area contributed by atoms with Gasteiger partial charge in [-0.1, -0.05) is 32.0 Å². The first kappa shape index (κ1) is 38.0. The zero-order chi connectivity index (χ0) is 36.6. The summed E-state index contributed by atoms with van der Waals surface area (Å²) < 4.78 is 29.5. The summed E-state index contributed by atoms with van der Waals surface area (Å²) in [5.41, 5.74) is 1.12. The minimum absolute atomic E-state index is 0.0519. The fourth-order valence-corrected chi connectivity index (χ4v) is 7.00. The number of guanidine groups is 1. The van der Waals surface area contributed by atoms with Crippen LogP contribution in [-0.2, 0) is 23.8 Å². The maximum absolute atomic E-state index is 13.8. The Morgan fingerprint density at radius 3 is 2.39 bits per heavy atom. The Kier molecular flexibility index (Phi) is 12.6. The van der Waals surface area contributed by atoms with E-state index >= 15 is 0 Å². The molecule has 13 nitrogen and oxygen atoms in total. The SMILES string of the molecule is CCC1(CC)CC(=O)N([C@@H]2C[C@@H](COCCOCCOCCNC(C)=O)Oc3ccc(C(=O)N[C@H]4CC(C)(C)Oc5ccccc54)cc32)C(=N)N1. The molecule has 3 amide bonds. The second-order valence-electron chi connectivity index (χ2n) is 14.1. The molecule has 0 aliphatic carbocycles. The van der Waals surface area contributed by atoms with Crippen molar-refractivity contribution < 1.29 is 38.1 Å². The second-order valence-corrected chi connectivity index (χ2v) is 14.1. The smallest absolute Gasteiger partial charge is 0.251 e. The summed E-state index contributed by atoms with van der Waals surface area (Å²) in [6.45, 7) is 12.2. The van der Waals surface area contributed by atoms with Crippen molar-refractivity contribution >= 4 is 23.7 Å². The highest BCUT2D eigenvalue weighted by atomic mass is 16.6. The lowest BCUT2D eigenvalue weighted by Gasteiger charge is -2.46. The number of para-hydroxylation sites is 1. The van der Waals surface area contributed by atoms with E-state index in [1.165, 1.54) is 11.8 Å². The number of carbonyl (C=O) groups excluding carboxylic acids is 3. The Hall–Kier alpha value is -4.20. The molecular formula is C38H53N5O8. The Bertz CT molecular complexity index is 1540. The van der Waals surface area contributed by atoms with E-state index in [1.54, 1.807) is 18.2 Å². The van der Waals surface area contributed by atoms with Gasteiger partial charge in [0, 0.05) is 48.5 Å². The van der Waals surface area contributed by atoms with E-state index in [2.05, 4.69) is 16.0 Å². The van der Waals surface area contributed by atoms with Crippen molar-refractivity contribution in [3.05, 3.63) is 59.2 Å². The van der Waals surface area contributed by atoms with Crippen molar-refractivity contribution in [1.29, 1.82) is 5.41 Å². The fraction of sp³-hybridized carbons (Fsp3) is 0.579. The Morgan fingerprint density at radius 1 is 0.980 bits per heavy atom. The minimum atomic E-state index is -0.539. The van der Waals surface area contributed by atoms with E-state index in [-0.39, 0.29) is 42.8 Å². The van der Waals surface area contributed by atoms with Gasteiger partial charge >= 0.3 is 0 Å². The van der Waals surface area contributed by atoms with Crippen molar-refractivity contribution in [3.63, 3.8) is 0 Å². The lowest BCUT2D eigenvalue weighted by molar-refractivity contribution is -0.133. The summed E-state index contributed by atoms with van der Waals surface area (Å²) in [6, 6.07) is 12.3. The van der Waals surface area contributed by atoms with Crippen LogP contribution < -0.4 is 25.4 Å². The number of carbonyl (C=O) groups is 3. The molecule has 4 N–H and O–H groups in total. The number of fused-ring (bicyclic) bond motifs is 2. The van der Waals surface area contributed by atoms with E-state index in [9.17, 15) is 14.4 Å². The summed E-state index contributed by atoms with van der Waals surface area (Å²) in [4.78, 5) is 40.1. The lowest BCUT2D eigenvalue weighted by Crippen LogP contribution is -2.63. The highest BCUT2D eigenvalue weighted by molar-refractivity contribution is 6.00. The van der Waals surface area contributed by atoms with Crippen LogP contribution in [0.5, 0.6) is 11.5 Å². The van der Waals surface area contributed by atoms with Gasteiger partial charge in [-0.3, -0.25) is 24.7 Å². The minimum Gasteiger partial charge on any atom is -0.488 e. The standard InChI is InChI=1S/C38H53N5O8/c1-6-38(7-2)23-34(45)43(36(39)42-38)31-21-27(24-49-19-18-48-17-16-47-15-14-40-25(3)44)50-32-13-12-26(20-29(31)32)35(46)41-30-22-37(4,5)51-33-11-9-8-10-28(30)33/h8-13,20,27,30-31H,6-7,14-19,21-24H2,1-5H3,(H2,39,42)(H,40,44)(H,41,46)/t27-,30-,31+/m0/s1. The molecule has 0 unspecified atom stereocenters. The van der Waals surface area contributed by atoms with E-state index in [1.807, 2.05) is 52.0 Å². The summed E-state index contributed by atoms with van der Waals surface area (Å²) in [7, 11) is 0. The molecule has 1 saturated heterocycles. The average Bonchev–Trinajstić information content (AvgIpc) is 3.09. The molecule has 51 heavy (non-hydrogen) atoms. The van der Waals surface area contributed by atoms with E-state index < -0.39 is 23.3 Å². The van der Waals surface area contributed by atoms with Gasteiger partial charge in [0.15, 0.2) is 5.96 Å². The maximum Gasteiger partial charge on any atom is 0.251 e. The largest absolute Gasteiger partial charge is 0.488 e. The van der Waals surface area contributed by atoms with Gasteiger partial charge in [0.2, 0.25) is 11.8 Å². The van der Waals surface area contributed by atoms with Gasteiger partial charge in [-0.05, 0) is 51.0 Å². The van der Waals surface area contributed by atoms with Crippen LogP contribution in [0.2, 0.25) is 0 Å². The van der Waals surface area contributed by atoms with Crippen molar-refractivity contribution in [3.8, 4) is 11.5 Å². The van der Waals surface area contributed by atoms with Crippen molar-refractivity contribution in [2.75, 3.05) is 46.2 Å². The molecule has 278 valence electrons. The predicted molar refractivity (Wildman–Crippen MR) is 191 cm³/mol. The molecule has 3 aliphatic heterocycles. The molecule has 2 aromatic carbocycles. The maximum atomic E-state index is 13.8. The highest BCUT2D eigenvalue weighted by Gasteiger charge is 2.45. The van der Waals surface area contributed by atoms with Crippen LogP contribution in [0, 0.1) is 5.41 Å². The summed E-state index contributed by atoms with van der Waals surface area (Å²) in [5, 5.41) is 18.2. The molecule has 0 aromatic heterocycles. The molecule has 0 saturated carbocycles. The van der Waals surface area contributed by atoms with Crippen molar-refractivity contribution in [2.45, 2.75) is 96.1 Å². The molecule has 5 rings (SSSR count). The Labute approximate surface area is 300 Å². The number of rotatable bonds is 16. The first-order valence-corrected chi connectivity index (χ1v) is 18.0. The predicted octanol–water partition coefficient (Wildman–Crippen LogP) is 4.41. The molecule has 1 fully saturated rings. The summed E-state index contributed by atoms with van der Waals surface area (Å²) >= 11 is 0. The molecule has 0 radical (unpaired) electrons. The lowest BCUT2D eigenvalue weighted by atomic mass is 9.85. The van der Waals surface area contributed by atoms with Crippen molar-refractivity contribution in [2.24, 2.45) is 0 Å². The Balaban J connectivity index is 1.26. The number of nitrogens with one attached hydrogen (secondary N) is 4. The van der Waals surface area contributed by atoms with Gasteiger partial charge in [-0.15, -0.1) is 0 Å². The fourth-order valence-electron chi connectivity index (χ4n) is 7.00. The average molecular weight is 708 g/mol. The van der Waals surface area contributed by atoms with Crippen LogP contribution in [0.25, 0.3) is 0 Å². The number of amides is 3. The zero-order valence-corrected chi connectivity index (χ0v) is 30.5. The Morgan fingerprint density at radius 2 is 1.69 bits per heavy atom. The molecular weight excluding hydrogens is 654 g/mol. The van der Waals surface area contributed by atoms with Gasteiger partial charge in [0.05, 0.1) is 58.1 Å². The zero-order valence-electron chi connectivity index (χ0n) is 30.5. The molecule has 0 bridgehead atoms. The van der Waals surface area contributed by atoms with E-state index in [0.717, 1.165) is 11.3 Å². The number of ether oxygens (including phenoxy) is 5. The van der Waals surface area contributed by atoms with Gasteiger partial charge in [0.25, 0.3) is 5.91 Å². The molecule has 3 aliphatic rings. The molecule has 3 heterocycles. The molecule has 0 spiro atoms. The number of hydrogen-bond acceptors (Lipinski definition) is 9. The molecule has 3 atom stereocenters. The first-order valence-electron chi connectivity index (χ1n) is 18.0. The third-order valence-corrected chi connectivity index (χ3v) is 9.81. The number of nitrogens with zero attached hydrogens (tertiary/aromatic N) is 1. The van der Waals surface area contributed by atoms with Gasteiger partial charge in [0.1, 0.15) is 23.2 Å². The topological polar surface area (TPSA) is 161 Å². The summed E-state index contributed by atoms with van der Waals surface area (Å²) in [6.07, 6.45) is 2.29. The molecule has 13 heteroatoms. The monoisotopic (exact) mass is 707 g/mol. The number of hydrogen-bond donors (Lipinski definition) is 4. The highest BCUT2D eigenvalue weighted by Crippen LogP contribution is 2.42. The van der Waals surface area contributed by atoms with Gasteiger partial charge in [-0.25, -0.2) is 0 Å². The van der Waals surface area contributed by atoms with Crippen LogP contribution >= 0.6 is 0 Å². The molecule has 2 aromatic rings. The van der Waals surface area contributed by atoms with Crippen LogP contribution in [-0.4, -0.2) is 92.0 Å². The normalized spacial score (nSPS) is 21.7. The van der Waals surface area contributed by atoms with Crippen LogP contribution in [0.3, 0.4) is 0 Å². The first-order chi connectivity index (χ1) is 24.4. The number of benzene rings is 2. The van der Waals surface area contributed by atoms with Gasteiger partial charge < -0.3 is 39.6 Å². The second kappa shape index (κ2) is 16.9. The summed E-state index contributed by atoms with van der Waals surface area (Å²) in [5.74, 6) is 0.883. The van der Waals surface area contributed by atoms with E-state index in [0.29, 0.717) is 82.1 Å². The third kappa shape index (κ3) is 9.57. The van der Waals surface area contributed by atoms with Crippen LogP contribution in [0.4, 0.5) is 0 Å². The third-order valence-electron chi connectivity index (χ3n) is 9.81. The van der Waals surface area contributed by atoms with Crippen molar-refractivity contribution in [1.82, 2.24) is 20.9 Å². The van der Waals surface area contributed by atoms with Gasteiger partial charge in [-0.2, -0.15) is 0 Å². The quantitative estimate of drug-likeness (QED) is 0.185.